The molecule has 9 heteroatoms. The molecular formula is C15H17ClN4O2S2. The van der Waals surface area contributed by atoms with E-state index in [1.54, 1.807) is 24.3 Å². The number of benzene rings is 1. The van der Waals surface area contributed by atoms with Gasteiger partial charge >= 0.3 is 0 Å². The first-order valence-corrected chi connectivity index (χ1v) is 9.48. The van der Waals surface area contributed by atoms with Gasteiger partial charge in [-0.05, 0) is 37.6 Å². The summed E-state index contributed by atoms with van der Waals surface area (Å²) >= 11 is 8.22. The number of hydrogen-bond donors (Lipinski definition) is 2. The van der Waals surface area contributed by atoms with Gasteiger partial charge in [0.05, 0.1) is 5.75 Å². The van der Waals surface area contributed by atoms with Gasteiger partial charge in [-0.1, -0.05) is 41.6 Å². The van der Waals surface area contributed by atoms with Crippen molar-refractivity contribution in [1.29, 1.82) is 0 Å². The van der Waals surface area contributed by atoms with Gasteiger partial charge < -0.3 is 10.6 Å². The van der Waals surface area contributed by atoms with Crippen LogP contribution < -0.4 is 10.6 Å². The van der Waals surface area contributed by atoms with Crippen molar-refractivity contribution in [3.8, 4) is 0 Å². The molecule has 0 fully saturated rings. The first-order valence-electron chi connectivity index (χ1n) is 7.30. The maximum absolute atomic E-state index is 12.1. The highest BCUT2D eigenvalue weighted by molar-refractivity contribution is 8.01. The zero-order valence-corrected chi connectivity index (χ0v) is 15.6. The average molecular weight is 385 g/mol. The van der Waals surface area contributed by atoms with Gasteiger partial charge in [0.25, 0.3) is 5.91 Å². The van der Waals surface area contributed by atoms with Crippen molar-refractivity contribution in [2.75, 3.05) is 11.1 Å². The van der Waals surface area contributed by atoms with Gasteiger partial charge in [0.2, 0.25) is 10.9 Å². The Bertz CT molecular complexity index is 706. The standard InChI is InChI=1S/C15H17ClN4O2S2/c1-3-9(2)17-12(21)8-23-15-20-19-14(24-15)13(22)18-11-6-4-10(16)5-7-11/h4-7,9H,3,8H2,1-2H3,(H,17,21)(H,18,22). The lowest BCUT2D eigenvalue weighted by molar-refractivity contribution is -0.119. The lowest BCUT2D eigenvalue weighted by Gasteiger charge is -2.09. The summed E-state index contributed by atoms with van der Waals surface area (Å²) < 4.78 is 0.579. The van der Waals surface area contributed by atoms with E-state index in [2.05, 4.69) is 20.8 Å². The predicted molar refractivity (Wildman–Crippen MR) is 97.9 cm³/mol. The normalized spacial score (nSPS) is 11.8. The number of halogens is 1. The molecular weight excluding hydrogens is 368 g/mol. The number of nitrogens with zero attached hydrogens (tertiary/aromatic N) is 2. The van der Waals surface area contributed by atoms with Crippen molar-refractivity contribution < 1.29 is 9.59 Å². The second-order valence-electron chi connectivity index (χ2n) is 5.00. The van der Waals surface area contributed by atoms with Crippen LogP contribution in [0.5, 0.6) is 0 Å². The summed E-state index contributed by atoms with van der Waals surface area (Å²) in [5, 5.41) is 14.2. The van der Waals surface area contributed by atoms with Gasteiger partial charge in [0.15, 0.2) is 4.34 Å². The van der Waals surface area contributed by atoms with Crippen LogP contribution in [-0.4, -0.2) is 33.8 Å². The molecule has 0 aliphatic rings. The first kappa shape index (κ1) is 18.7. The van der Waals surface area contributed by atoms with E-state index in [-0.39, 0.29) is 28.6 Å². The molecule has 6 nitrogen and oxygen atoms in total. The first-order chi connectivity index (χ1) is 11.5. The molecule has 128 valence electrons. The van der Waals surface area contributed by atoms with Crippen molar-refractivity contribution in [2.45, 2.75) is 30.6 Å². The van der Waals surface area contributed by atoms with Gasteiger partial charge in [-0.25, -0.2) is 0 Å². The number of carbonyl (C=O) groups excluding carboxylic acids is 2. The lowest BCUT2D eigenvalue weighted by atomic mass is 10.3. The summed E-state index contributed by atoms with van der Waals surface area (Å²) in [5.74, 6) is -0.153. The van der Waals surface area contributed by atoms with E-state index in [1.807, 2.05) is 13.8 Å². The van der Waals surface area contributed by atoms with Gasteiger partial charge in [0, 0.05) is 16.8 Å². The lowest BCUT2D eigenvalue weighted by Crippen LogP contribution is -2.33. The molecule has 0 bridgehead atoms. The van der Waals surface area contributed by atoms with Crippen LogP contribution in [0.3, 0.4) is 0 Å². The van der Waals surface area contributed by atoms with E-state index in [9.17, 15) is 9.59 Å². The quantitative estimate of drug-likeness (QED) is 0.714. The van der Waals surface area contributed by atoms with Crippen LogP contribution >= 0.6 is 34.7 Å². The Morgan fingerprint density at radius 1 is 1.29 bits per heavy atom. The SMILES string of the molecule is CCC(C)NC(=O)CSc1nnc(C(=O)Nc2ccc(Cl)cc2)s1. The second-order valence-corrected chi connectivity index (χ2v) is 7.64. The fourth-order valence-corrected chi connectivity index (χ4v) is 3.31. The van der Waals surface area contributed by atoms with Crippen LogP contribution in [-0.2, 0) is 4.79 Å². The molecule has 2 N–H and O–H groups in total. The molecule has 1 atom stereocenters. The van der Waals surface area contributed by atoms with Crippen molar-refractivity contribution in [1.82, 2.24) is 15.5 Å². The molecule has 0 aliphatic heterocycles. The van der Waals surface area contributed by atoms with Gasteiger partial charge in [-0.2, -0.15) is 0 Å². The topological polar surface area (TPSA) is 84.0 Å². The Kier molecular flexibility index (Phi) is 7.01. The molecule has 1 aromatic heterocycles. The third-order valence-corrected chi connectivity index (χ3v) is 5.36. The van der Waals surface area contributed by atoms with Crippen LogP contribution in [0.25, 0.3) is 0 Å². The van der Waals surface area contributed by atoms with Gasteiger partial charge in [-0.3, -0.25) is 9.59 Å². The number of amides is 2. The second kappa shape index (κ2) is 9.00. The molecule has 1 aromatic carbocycles. The fraction of sp³-hybridized carbons (Fsp3) is 0.333. The number of rotatable bonds is 7. The van der Waals surface area contributed by atoms with Crippen molar-refractivity contribution >= 4 is 52.2 Å². The highest BCUT2D eigenvalue weighted by Gasteiger charge is 2.15. The minimum absolute atomic E-state index is 0.0586. The van der Waals surface area contributed by atoms with Crippen molar-refractivity contribution in [3.05, 3.63) is 34.3 Å². The minimum Gasteiger partial charge on any atom is -0.353 e. The third kappa shape index (κ3) is 5.77. The zero-order chi connectivity index (χ0) is 17.5. The van der Waals surface area contributed by atoms with Gasteiger partial charge in [0.1, 0.15) is 0 Å². The maximum atomic E-state index is 12.1. The number of anilines is 1. The molecule has 2 aromatic rings. The summed E-state index contributed by atoms with van der Waals surface area (Å²) in [7, 11) is 0. The van der Waals surface area contributed by atoms with Crippen LogP contribution in [0.15, 0.2) is 28.6 Å². The zero-order valence-electron chi connectivity index (χ0n) is 13.2. The predicted octanol–water partition coefficient (Wildman–Crippen LogP) is 3.45. The molecule has 24 heavy (non-hydrogen) atoms. The van der Waals surface area contributed by atoms with Crippen LogP contribution in [0.4, 0.5) is 5.69 Å². The Morgan fingerprint density at radius 2 is 2.00 bits per heavy atom. The molecule has 0 spiro atoms. The Labute approximate surface area is 153 Å². The number of hydrogen-bond acceptors (Lipinski definition) is 6. The highest BCUT2D eigenvalue weighted by atomic mass is 35.5. The number of aromatic nitrogens is 2. The monoisotopic (exact) mass is 384 g/mol. The van der Waals surface area contributed by atoms with Crippen LogP contribution in [0, 0.1) is 0 Å². The van der Waals surface area contributed by atoms with Crippen LogP contribution in [0.1, 0.15) is 30.1 Å². The van der Waals surface area contributed by atoms with E-state index < -0.39 is 0 Å². The van der Waals surface area contributed by atoms with Gasteiger partial charge in [-0.15, -0.1) is 10.2 Å². The minimum atomic E-state index is -0.342. The molecule has 0 radical (unpaired) electrons. The molecule has 0 saturated heterocycles. The summed E-state index contributed by atoms with van der Waals surface area (Å²) in [6.45, 7) is 3.96. The number of carbonyl (C=O) groups is 2. The molecule has 1 unspecified atom stereocenters. The van der Waals surface area contributed by atoms with E-state index in [0.29, 0.717) is 15.0 Å². The van der Waals surface area contributed by atoms with Crippen LogP contribution in [0.2, 0.25) is 5.02 Å². The Hall–Kier alpha value is -1.64. The van der Waals surface area contributed by atoms with Crippen molar-refractivity contribution in [3.63, 3.8) is 0 Å². The third-order valence-electron chi connectivity index (χ3n) is 3.05. The average Bonchev–Trinajstić information content (AvgIpc) is 3.04. The molecule has 2 rings (SSSR count). The van der Waals surface area contributed by atoms with E-state index in [0.717, 1.165) is 17.8 Å². The fourth-order valence-electron chi connectivity index (χ4n) is 1.62. The summed E-state index contributed by atoms with van der Waals surface area (Å²) in [4.78, 5) is 23.8. The molecule has 0 aliphatic carbocycles. The smallest absolute Gasteiger partial charge is 0.286 e. The van der Waals surface area contributed by atoms with E-state index in [1.165, 1.54) is 11.8 Å². The number of nitrogens with one attached hydrogen (secondary N) is 2. The highest BCUT2D eigenvalue weighted by Crippen LogP contribution is 2.23. The maximum Gasteiger partial charge on any atom is 0.286 e. The summed E-state index contributed by atoms with van der Waals surface area (Å²) in [5.41, 5.74) is 0.627. The largest absolute Gasteiger partial charge is 0.353 e. The summed E-state index contributed by atoms with van der Waals surface area (Å²) in [6.07, 6.45) is 0.879. The summed E-state index contributed by atoms with van der Waals surface area (Å²) in [6, 6.07) is 6.93. The molecule has 0 saturated carbocycles. The molecule has 2 amide bonds. The number of thioether (sulfide) groups is 1. The Balaban J connectivity index is 1.86. The van der Waals surface area contributed by atoms with E-state index in [4.69, 9.17) is 11.6 Å². The molecule has 1 heterocycles. The van der Waals surface area contributed by atoms with E-state index >= 15 is 0 Å². The Morgan fingerprint density at radius 3 is 2.67 bits per heavy atom. The van der Waals surface area contributed by atoms with Crippen molar-refractivity contribution in [2.24, 2.45) is 0 Å².